The molecule has 116 valence electrons. The molecule has 0 spiro atoms. The number of rotatable bonds is 5. The molecular formula is C13H18Cl2N4OS. The Morgan fingerprint density at radius 3 is 2.76 bits per heavy atom. The van der Waals surface area contributed by atoms with Gasteiger partial charge in [-0.15, -0.1) is 36.2 Å². The van der Waals surface area contributed by atoms with E-state index < -0.39 is 0 Å². The third-order valence-corrected chi connectivity index (χ3v) is 3.26. The van der Waals surface area contributed by atoms with Gasteiger partial charge in [-0.1, -0.05) is 6.07 Å². The van der Waals surface area contributed by atoms with Gasteiger partial charge in [0.15, 0.2) is 5.13 Å². The first-order valence-corrected chi connectivity index (χ1v) is 6.95. The predicted molar refractivity (Wildman–Crippen MR) is 91.4 cm³/mol. The van der Waals surface area contributed by atoms with E-state index in [-0.39, 0.29) is 36.8 Å². The quantitative estimate of drug-likeness (QED) is 0.869. The number of aromatic nitrogens is 2. The molecule has 0 aliphatic carbocycles. The molecule has 0 saturated heterocycles. The lowest BCUT2D eigenvalue weighted by atomic mass is 10.2. The van der Waals surface area contributed by atoms with Crippen LogP contribution in [-0.2, 0) is 4.79 Å². The second-order valence-corrected chi connectivity index (χ2v) is 5.18. The van der Waals surface area contributed by atoms with Crippen molar-refractivity contribution in [2.24, 2.45) is 5.73 Å². The molecule has 2 heterocycles. The molecule has 1 amide bonds. The molecule has 1 unspecified atom stereocenters. The second kappa shape index (κ2) is 9.68. The summed E-state index contributed by atoms with van der Waals surface area (Å²) in [5, 5.41) is 5.24. The van der Waals surface area contributed by atoms with E-state index in [0.29, 0.717) is 18.0 Å². The van der Waals surface area contributed by atoms with E-state index in [9.17, 15) is 4.79 Å². The van der Waals surface area contributed by atoms with Crippen LogP contribution in [0, 0.1) is 0 Å². The van der Waals surface area contributed by atoms with Crippen LogP contribution in [-0.4, -0.2) is 21.9 Å². The molecule has 0 fully saturated rings. The number of amides is 1. The molecule has 8 heteroatoms. The van der Waals surface area contributed by atoms with Gasteiger partial charge >= 0.3 is 0 Å². The molecule has 2 aromatic rings. The maximum Gasteiger partial charge on any atom is 0.226 e. The number of pyridine rings is 1. The van der Waals surface area contributed by atoms with E-state index in [1.54, 1.807) is 6.20 Å². The summed E-state index contributed by atoms with van der Waals surface area (Å²) in [6.07, 6.45) is 2.80. The van der Waals surface area contributed by atoms with Crippen molar-refractivity contribution in [2.75, 3.05) is 5.32 Å². The number of anilines is 1. The average molecular weight is 349 g/mol. The molecule has 0 aliphatic heterocycles. The molecule has 0 bridgehead atoms. The second-order valence-electron chi connectivity index (χ2n) is 4.32. The Labute approximate surface area is 140 Å². The Balaban J connectivity index is 0.00000200. The number of nitrogens with zero attached hydrogens (tertiary/aromatic N) is 2. The van der Waals surface area contributed by atoms with Gasteiger partial charge in [0.1, 0.15) is 5.69 Å². The molecule has 0 aromatic carbocycles. The molecule has 2 aromatic heterocycles. The van der Waals surface area contributed by atoms with Crippen molar-refractivity contribution < 1.29 is 4.79 Å². The van der Waals surface area contributed by atoms with E-state index >= 15 is 0 Å². The molecule has 0 radical (unpaired) electrons. The van der Waals surface area contributed by atoms with Gasteiger partial charge < -0.3 is 11.1 Å². The van der Waals surface area contributed by atoms with Crippen LogP contribution in [0.3, 0.4) is 0 Å². The number of thiazole rings is 1. The number of carbonyl (C=O) groups is 1. The summed E-state index contributed by atoms with van der Waals surface area (Å²) in [7, 11) is 0. The Morgan fingerprint density at radius 2 is 2.14 bits per heavy atom. The zero-order valence-corrected chi connectivity index (χ0v) is 13.9. The Hall–Kier alpha value is -1.21. The van der Waals surface area contributed by atoms with E-state index in [4.69, 9.17) is 5.73 Å². The highest BCUT2D eigenvalue weighted by Crippen LogP contribution is 2.23. The Bertz CT molecular complexity index is 548. The minimum Gasteiger partial charge on any atom is -0.328 e. The molecule has 3 N–H and O–H groups in total. The summed E-state index contributed by atoms with van der Waals surface area (Å²) in [5.41, 5.74) is 7.19. The van der Waals surface area contributed by atoms with Crippen LogP contribution in [0.15, 0.2) is 29.8 Å². The van der Waals surface area contributed by atoms with Crippen LogP contribution in [0.2, 0.25) is 0 Å². The summed E-state index contributed by atoms with van der Waals surface area (Å²) >= 11 is 1.39. The van der Waals surface area contributed by atoms with Gasteiger partial charge in [-0.3, -0.25) is 9.78 Å². The first-order valence-electron chi connectivity index (χ1n) is 6.07. The number of halogens is 2. The average Bonchev–Trinajstić information content (AvgIpc) is 2.86. The number of nitrogens with two attached hydrogens (primary N) is 1. The summed E-state index contributed by atoms with van der Waals surface area (Å²) in [6.45, 7) is 1.88. The maximum atomic E-state index is 11.6. The third kappa shape index (κ3) is 6.39. The van der Waals surface area contributed by atoms with Gasteiger partial charge in [-0.2, -0.15) is 0 Å². The molecule has 2 rings (SSSR count). The molecule has 5 nitrogen and oxygen atoms in total. The number of carbonyl (C=O) groups excluding carboxylic acids is 1. The Kier molecular flexibility index (Phi) is 9.12. The molecule has 1 atom stereocenters. The SMILES string of the molecule is CC(N)CCC(=O)Nc1nc(-c2ccccn2)cs1.Cl.Cl. The zero-order chi connectivity index (χ0) is 13.7. The fourth-order valence-electron chi connectivity index (χ4n) is 1.50. The van der Waals surface area contributed by atoms with E-state index in [2.05, 4.69) is 15.3 Å². The largest absolute Gasteiger partial charge is 0.328 e. The van der Waals surface area contributed by atoms with Crippen molar-refractivity contribution in [2.45, 2.75) is 25.8 Å². The Morgan fingerprint density at radius 1 is 1.38 bits per heavy atom. The van der Waals surface area contributed by atoms with Crippen LogP contribution in [0.5, 0.6) is 0 Å². The predicted octanol–water partition coefficient (Wildman–Crippen LogP) is 3.11. The summed E-state index contributed by atoms with van der Waals surface area (Å²) < 4.78 is 0. The summed E-state index contributed by atoms with van der Waals surface area (Å²) in [6, 6.07) is 5.68. The fraction of sp³-hybridized carbons (Fsp3) is 0.308. The lowest BCUT2D eigenvalue weighted by Gasteiger charge is -2.04. The van der Waals surface area contributed by atoms with Gasteiger partial charge in [0.05, 0.1) is 5.69 Å². The highest BCUT2D eigenvalue weighted by molar-refractivity contribution is 7.14. The van der Waals surface area contributed by atoms with Crippen LogP contribution in [0.4, 0.5) is 5.13 Å². The zero-order valence-electron chi connectivity index (χ0n) is 11.5. The number of nitrogens with one attached hydrogen (secondary N) is 1. The van der Waals surface area contributed by atoms with Gasteiger partial charge in [-0.25, -0.2) is 4.98 Å². The minimum atomic E-state index is -0.0563. The smallest absolute Gasteiger partial charge is 0.226 e. The van der Waals surface area contributed by atoms with Crippen molar-refractivity contribution in [3.8, 4) is 11.4 Å². The third-order valence-electron chi connectivity index (χ3n) is 2.50. The van der Waals surface area contributed by atoms with Gasteiger partial charge in [0.2, 0.25) is 5.91 Å². The lowest BCUT2D eigenvalue weighted by Crippen LogP contribution is -2.19. The highest BCUT2D eigenvalue weighted by atomic mass is 35.5. The first-order chi connectivity index (χ1) is 9.15. The molecule has 0 saturated carbocycles. The summed E-state index contributed by atoms with van der Waals surface area (Å²) in [4.78, 5) is 20.2. The lowest BCUT2D eigenvalue weighted by molar-refractivity contribution is -0.116. The van der Waals surface area contributed by atoms with E-state index in [0.717, 1.165) is 11.4 Å². The molecule has 21 heavy (non-hydrogen) atoms. The van der Waals surface area contributed by atoms with Crippen molar-refractivity contribution in [1.82, 2.24) is 9.97 Å². The first kappa shape index (κ1) is 19.8. The highest BCUT2D eigenvalue weighted by Gasteiger charge is 2.09. The van der Waals surface area contributed by atoms with Crippen molar-refractivity contribution >= 4 is 47.2 Å². The van der Waals surface area contributed by atoms with Crippen molar-refractivity contribution in [3.05, 3.63) is 29.8 Å². The van der Waals surface area contributed by atoms with Crippen LogP contribution < -0.4 is 11.1 Å². The fourth-order valence-corrected chi connectivity index (χ4v) is 2.22. The summed E-state index contributed by atoms with van der Waals surface area (Å²) in [5.74, 6) is -0.0563. The van der Waals surface area contributed by atoms with Crippen LogP contribution in [0.1, 0.15) is 19.8 Å². The van der Waals surface area contributed by atoms with Crippen molar-refractivity contribution in [3.63, 3.8) is 0 Å². The van der Waals surface area contributed by atoms with Gasteiger partial charge in [0, 0.05) is 24.0 Å². The minimum absolute atomic E-state index is 0. The standard InChI is InChI=1S/C13H16N4OS.2ClH/c1-9(14)5-6-12(18)17-13-16-11(8-19-13)10-4-2-3-7-15-10;;/h2-4,7-9H,5-6,14H2,1H3,(H,16,17,18);2*1H. The van der Waals surface area contributed by atoms with Gasteiger partial charge in [0.25, 0.3) is 0 Å². The van der Waals surface area contributed by atoms with E-state index in [1.165, 1.54) is 11.3 Å². The topological polar surface area (TPSA) is 80.9 Å². The molecular weight excluding hydrogens is 331 g/mol. The normalized spacial score (nSPS) is 11.0. The van der Waals surface area contributed by atoms with Crippen molar-refractivity contribution in [1.29, 1.82) is 0 Å². The van der Waals surface area contributed by atoms with Gasteiger partial charge in [-0.05, 0) is 25.5 Å². The number of hydrogen-bond acceptors (Lipinski definition) is 5. The van der Waals surface area contributed by atoms with E-state index in [1.807, 2.05) is 30.5 Å². The monoisotopic (exact) mass is 348 g/mol. The van der Waals surface area contributed by atoms with Crippen LogP contribution in [0.25, 0.3) is 11.4 Å². The molecule has 0 aliphatic rings. The van der Waals surface area contributed by atoms with Crippen LogP contribution >= 0.6 is 36.2 Å². The maximum absolute atomic E-state index is 11.6. The number of hydrogen-bond donors (Lipinski definition) is 2.